The first-order valence-corrected chi connectivity index (χ1v) is 7.47. The highest BCUT2D eigenvalue weighted by Crippen LogP contribution is 2.19. The van der Waals surface area contributed by atoms with E-state index in [9.17, 15) is 13.2 Å². The molecule has 1 aliphatic heterocycles. The van der Waals surface area contributed by atoms with Crippen LogP contribution in [0.1, 0.15) is 19.3 Å². The molecule has 0 aromatic rings. The maximum absolute atomic E-state index is 11.5. The lowest BCUT2D eigenvalue weighted by atomic mass is 10.2. The molecule has 4 nitrogen and oxygen atoms in total. The first kappa shape index (κ1) is 12.0. The Morgan fingerprint density at radius 1 is 1.43 bits per heavy atom. The van der Waals surface area contributed by atoms with Gasteiger partial charge in [0.2, 0.25) is 5.91 Å². The van der Waals surface area contributed by atoms with Crippen molar-refractivity contribution in [1.29, 1.82) is 0 Å². The summed E-state index contributed by atoms with van der Waals surface area (Å²) < 4.78 is 23.0. The number of hydrogen-bond acceptors (Lipinski definition) is 3. The number of amides is 1. The number of alkyl halides is 1. The number of hydrogen-bond donors (Lipinski definition) is 1. The summed E-state index contributed by atoms with van der Waals surface area (Å²) in [4.78, 5) is 11.5. The number of halogens is 1. The van der Waals surface area contributed by atoms with Gasteiger partial charge in [-0.05, 0) is 12.8 Å². The van der Waals surface area contributed by atoms with Gasteiger partial charge in [-0.25, -0.2) is 8.42 Å². The van der Waals surface area contributed by atoms with Gasteiger partial charge in [0.25, 0.3) is 0 Å². The topological polar surface area (TPSA) is 63.2 Å². The molecule has 0 aliphatic carbocycles. The average Bonchev–Trinajstić information content (AvgIpc) is 2.13. The van der Waals surface area contributed by atoms with Crippen molar-refractivity contribution in [2.75, 3.05) is 17.6 Å². The van der Waals surface area contributed by atoms with Crippen LogP contribution in [0.15, 0.2) is 0 Å². The number of rotatable bonds is 3. The van der Waals surface area contributed by atoms with Gasteiger partial charge < -0.3 is 5.32 Å². The molecule has 1 atom stereocenters. The summed E-state index contributed by atoms with van der Waals surface area (Å²) in [5, 5.41) is 2.43. The maximum atomic E-state index is 11.5. The number of carbonyl (C=O) groups is 1. The zero-order chi connectivity index (χ0) is 10.6. The molecule has 82 valence electrons. The summed E-state index contributed by atoms with van der Waals surface area (Å²) in [7, 11) is -3.18. The minimum atomic E-state index is -3.18. The quantitative estimate of drug-likeness (QED) is 0.766. The van der Waals surface area contributed by atoms with Crippen molar-refractivity contribution in [3.8, 4) is 0 Å². The first-order chi connectivity index (χ1) is 6.58. The van der Waals surface area contributed by atoms with Crippen LogP contribution in [0.4, 0.5) is 0 Å². The summed E-state index contributed by atoms with van der Waals surface area (Å²) >= 11 is 3.17. The summed E-state index contributed by atoms with van der Waals surface area (Å²) in [5.41, 5.74) is 0. The Morgan fingerprint density at radius 2 is 2.14 bits per heavy atom. The number of sulfone groups is 1. The third-order valence-corrected chi connectivity index (χ3v) is 4.84. The van der Waals surface area contributed by atoms with Crippen LogP contribution in [0.3, 0.4) is 0 Å². The molecule has 1 aliphatic rings. The Balaban J connectivity index is 2.61. The van der Waals surface area contributed by atoms with Gasteiger partial charge in [0.15, 0.2) is 9.84 Å². The lowest BCUT2D eigenvalue weighted by Crippen LogP contribution is -2.43. The van der Waals surface area contributed by atoms with Gasteiger partial charge in [0, 0.05) is 11.9 Å². The Hall–Kier alpha value is -0.100. The van der Waals surface area contributed by atoms with Crippen molar-refractivity contribution >= 4 is 31.7 Å². The van der Waals surface area contributed by atoms with Crippen molar-refractivity contribution in [3.63, 3.8) is 0 Å². The molecular weight excluding hydrogens is 270 g/mol. The summed E-state index contributed by atoms with van der Waals surface area (Å²) in [6, 6.07) is 0. The number of carbonyl (C=O) groups excluding carboxylic acids is 1. The van der Waals surface area contributed by atoms with Gasteiger partial charge in [0.1, 0.15) is 5.25 Å². The highest BCUT2D eigenvalue weighted by molar-refractivity contribution is 9.09. The molecule has 14 heavy (non-hydrogen) atoms. The van der Waals surface area contributed by atoms with E-state index >= 15 is 0 Å². The fourth-order valence-corrected chi connectivity index (χ4v) is 3.56. The van der Waals surface area contributed by atoms with Crippen LogP contribution < -0.4 is 5.32 Å². The van der Waals surface area contributed by atoms with Gasteiger partial charge in [-0.15, -0.1) is 0 Å². The standard InChI is InChI=1S/C8H14BrNO3S/c9-4-5-10-8(11)7-3-1-2-6-14(7,12)13/h7H,1-6H2,(H,10,11). The van der Waals surface area contributed by atoms with Crippen molar-refractivity contribution in [2.24, 2.45) is 0 Å². The molecule has 1 N–H and O–H groups in total. The predicted molar refractivity (Wildman–Crippen MR) is 58.2 cm³/mol. The van der Waals surface area contributed by atoms with Gasteiger partial charge in [-0.2, -0.15) is 0 Å². The summed E-state index contributed by atoms with van der Waals surface area (Å²) in [6.07, 6.45) is 1.98. The molecule has 0 radical (unpaired) electrons. The smallest absolute Gasteiger partial charge is 0.238 e. The molecule has 0 bridgehead atoms. The van der Waals surface area contributed by atoms with Crippen molar-refractivity contribution in [2.45, 2.75) is 24.5 Å². The van der Waals surface area contributed by atoms with Crippen molar-refractivity contribution in [3.05, 3.63) is 0 Å². The lowest BCUT2D eigenvalue weighted by molar-refractivity contribution is -0.120. The van der Waals surface area contributed by atoms with Gasteiger partial charge in [0.05, 0.1) is 5.75 Å². The molecule has 0 spiro atoms. The molecule has 1 heterocycles. The minimum Gasteiger partial charge on any atom is -0.354 e. The second-order valence-electron chi connectivity index (χ2n) is 3.33. The lowest BCUT2D eigenvalue weighted by Gasteiger charge is -2.21. The molecule has 1 fully saturated rings. The fourth-order valence-electron chi connectivity index (χ4n) is 1.53. The van der Waals surface area contributed by atoms with Gasteiger partial charge in [-0.3, -0.25) is 4.79 Å². The molecule has 1 saturated heterocycles. The van der Waals surface area contributed by atoms with E-state index in [0.29, 0.717) is 24.7 Å². The Labute approximate surface area is 92.5 Å². The monoisotopic (exact) mass is 283 g/mol. The van der Waals surface area contributed by atoms with Crippen LogP contribution >= 0.6 is 15.9 Å². The van der Waals surface area contributed by atoms with Gasteiger partial charge in [-0.1, -0.05) is 22.4 Å². The minimum absolute atomic E-state index is 0.152. The normalized spacial score (nSPS) is 25.6. The van der Waals surface area contributed by atoms with E-state index in [-0.39, 0.29) is 11.7 Å². The maximum Gasteiger partial charge on any atom is 0.238 e. The molecule has 0 aromatic heterocycles. The summed E-state index contributed by atoms with van der Waals surface area (Å²) in [6.45, 7) is 0.477. The zero-order valence-electron chi connectivity index (χ0n) is 7.83. The van der Waals surface area contributed by atoms with E-state index < -0.39 is 15.1 Å². The zero-order valence-corrected chi connectivity index (χ0v) is 10.2. The van der Waals surface area contributed by atoms with Crippen LogP contribution in [0.25, 0.3) is 0 Å². The fraction of sp³-hybridized carbons (Fsp3) is 0.875. The van der Waals surface area contributed by atoms with E-state index in [2.05, 4.69) is 21.2 Å². The highest BCUT2D eigenvalue weighted by atomic mass is 79.9. The SMILES string of the molecule is O=C(NCCBr)C1CCCCS1(=O)=O. The van der Waals surface area contributed by atoms with E-state index in [4.69, 9.17) is 0 Å². The van der Waals surface area contributed by atoms with Crippen LogP contribution in [0.5, 0.6) is 0 Å². The first-order valence-electron chi connectivity index (χ1n) is 4.63. The molecule has 0 aromatic carbocycles. The molecule has 1 unspecified atom stereocenters. The molecule has 6 heteroatoms. The highest BCUT2D eigenvalue weighted by Gasteiger charge is 2.34. The van der Waals surface area contributed by atoms with E-state index in [1.807, 2.05) is 0 Å². The Morgan fingerprint density at radius 3 is 2.71 bits per heavy atom. The second-order valence-corrected chi connectivity index (χ2v) is 6.43. The van der Waals surface area contributed by atoms with E-state index in [1.54, 1.807) is 0 Å². The average molecular weight is 284 g/mol. The largest absolute Gasteiger partial charge is 0.354 e. The third-order valence-electron chi connectivity index (χ3n) is 2.26. The van der Waals surface area contributed by atoms with Crippen LogP contribution in [0.2, 0.25) is 0 Å². The Bertz CT molecular complexity index is 302. The predicted octanol–water partition coefficient (Wildman–Crippen LogP) is 0.465. The van der Waals surface area contributed by atoms with Crippen LogP contribution in [0, 0.1) is 0 Å². The number of nitrogens with one attached hydrogen (secondary N) is 1. The van der Waals surface area contributed by atoms with Crippen molar-refractivity contribution < 1.29 is 13.2 Å². The molecular formula is C8H14BrNO3S. The van der Waals surface area contributed by atoms with E-state index in [0.717, 1.165) is 6.42 Å². The van der Waals surface area contributed by atoms with Gasteiger partial charge >= 0.3 is 0 Å². The van der Waals surface area contributed by atoms with Crippen LogP contribution in [-0.4, -0.2) is 37.2 Å². The molecule has 1 rings (SSSR count). The van der Waals surface area contributed by atoms with E-state index in [1.165, 1.54) is 0 Å². The summed E-state index contributed by atoms with van der Waals surface area (Å²) in [5.74, 6) is -0.191. The third kappa shape index (κ3) is 2.95. The second kappa shape index (κ2) is 5.11. The van der Waals surface area contributed by atoms with Crippen molar-refractivity contribution in [1.82, 2.24) is 5.32 Å². The molecule has 0 saturated carbocycles. The van der Waals surface area contributed by atoms with Crippen LogP contribution in [-0.2, 0) is 14.6 Å². The molecule has 1 amide bonds. The Kier molecular flexibility index (Phi) is 4.37.